The van der Waals surface area contributed by atoms with E-state index in [-0.39, 0.29) is 0 Å². The number of nitrogens with zero attached hydrogens (tertiary/aromatic N) is 3. The Morgan fingerprint density at radius 2 is 1.02 bits per heavy atom. The highest BCUT2D eigenvalue weighted by molar-refractivity contribution is 6.12. The summed E-state index contributed by atoms with van der Waals surface area (Å²) in [6.45, 7) is 6.59. The van der Waals surface area contributed by atoms with Gasteiger partial charge in [0.2, 0.25) is 0 Å². The molecule has 0 radical (unpaired) electrons. The third kappa shape index (κ3) is 5.24. The predicted molar refractivity (Wildman–Crippen MR) is 214 cm³/mol. The summed E-state index contributed by atoms with van der Waals surface area (Å²) < 4.78 is 2.44. The van der Waals surface area contributed by atoms with Crippen LogP contribution in [0.1, 0.15) is 42.2 Å². The van der Waals surface area contributed by atoms with Crippen LogP contribution in [-0.4, -0.2) is 19.5 Å². The molecular formula is C47H36N4. The number of nitrogens with one attached hydrogen (secondary N) is 1. The highest BCUT2D eigenvalue weighted by Crippen LogP contribution is 2.48. The van der Waals surface area contributed by atoms with E-state index in [1.54, 1.807) is 0 Å². The second kappa shape index (κ2) is 12.4. The maximum Gasteiger partial charge on any atom is 0.0769 e. The fraction of sp³-hybridized carbons (Fsp3) is 0.0638. The first-order chi connectivity index (χ1) is 25.0. The third-order valence-electron chi connectivity index (χ3n) is 10.1. The molecular weight excluding hydrogens is 621 g/mol. The molecule has 0 amide bonds. The molecule has 4 nitrogen and oxygen atoms in total. The summed E-state index contributed by atoms with van der Waals surface area (Å²) in [6, 6.07) is 51.7. The number of aromatic nitrogens is 4. The molecule has 0 aliphatic carbocycles. The van der Waals surface area contributed by atoms with Gasteiger partial charge in [0.1, 0.15) is 0 Å². The summed E-state index contributed by atoms with van der Waals surface area (Å²) in [5.41, 5.74) is 19.2. The number of allylic oxidation sites excluding steroid dienone is 2. The molecule has 4 heteroatoms. The summed E-state index contributed by atoms with van der Waals surface area (Å²) in [5, 5.41) is 0. The van der Waals surface area contributed by atoms with Crippen molar-refractivity contribution in [2.75, 3.05) is 0 Å². The van der Waals surface area contributed by atoms with Crippen LogP contribution in [0.25, 0.3) is 84.4 Å². The zero-order chi connectivity index (χ0) is 34.5. The minimum absolute atomic E-state index is 0.892. The van der Waals surface area contributed by atoms with Gasteiger partial charge in [0.15, 0.2) is 0 Å². The molecule has 8 bridgehead atoms. The quantitative estimate of drug-likeness (QED) is 0.205. The van der Waals surface area contributed by atoms with Crippen LogP contribution >= 0.6 is 0 Å². The number of aryl methyl sites for hydroxylation is 1. The number of benzene rings is 4. The molecule has 0 spiro atoms. The van der Waals surface area contributed by atoms with Crippen molar-refractivity contribution in [2.24, 2.45) is 0 Å². The van der Waals surface area contributed by atoms with Gasteiger partial charge in [-0.05, 0) is 103 Å². The maximum atomic E-state index is 5.59. The lowest BCUT2D eigenvalue weighted by Crippen LogP contribution is -1.98. The first-order valence-electron chi connectivity index (χ1n) is 17.4. The van der Waals surface area contributed by atoms with Crippen LogP contribution in [0.5, 0.6) is 0 Å². The molecule has 7 aromatic rings. The zero-order valence-corrected chi connectivity index (χ0v) is 28.9. The Bertz CT molecular complexity index is 2680. The van der Waals surface area contributed by atoms with Crippen LogP contribution in [-0.2, 0) is 0 Å². The molecule has 0 saturated carbocycles. The smallest absolute Gasteiger partial charge is 0.0769 e. The highest BCUT2D eigenvalue weighted by Gasteiger charge is 2.27. The summed E-state index contributed by atoms with van der Waals surface area (Å²) in [6.07, 6.45) is 4.21. The average Bonchev–Trinajstić information content (AvgIpc) is 3.96. The number of fused-ring (bicyclic) bond motifs is 8. The first-order valence-corrected chi connectivity index (χ1v) is 17.4. The van der Waals surface area contributed by atoms with Crippen molar-refractivity contribution in [2.45, 2.75) is 20.8 Å². The Labute approximate surface area is 297 Å². The van der Waals surface area contributed by atoms with E-state index in [0.717, 1.165) is 89.5 Å². The number of para-hydroxylation sites is 1. The van der Waals surface area contributed by atoms with Crippen LogP contribution in [0.4, 0.5) is 0 Å². The van der Waals surface area contributed by atoms with E-state index < -0.39 is 0 Å². The average molecular weight is 657 g/mol. The van der Waals surface area contributed by atoms with Crippen molar-refractivity contribution in [1.29, 1.82) is 0 Å². The van der Waals surface area contributed by atoms with Crippen LogP contribution < -0.4 is 0 Å². The Morgan fingerprint density at radius 1 is 0.490 bits per heavy atom. The summed E-state index contributed by atoms with van der Waals surface area (Å²) >= 11 is 0. The van der Waals surface area contributed by atoms with Crippen LogP contribution in [0.2, 0.25) is 0 Å². The standard InChI is InChI=1S/C47H36N4/c1-30-31(2)46-44(35-20-12-6-13-21-35)47-43(34-18-10-5-11-19-34)42(33-16-8-4-9-17-33)41(51(47)39-22-14-7-15-23-39)29-38-25-24-36(48-38)28-37-26-27-40(49-37)32(3)45(30)50-46/h4-29,49H,1-3H3. The number of hydrogen-bond donors (Lipinski definition) is 1. The molecule has 0 saturated heterocycles. The predicted octanol–water partition coefficient (Wildman–Crippen LogP) is 12.2. The van der Waals surface area contributed by atoms with Crippen molar-refractivity contribution in [3.63, 3.8) is 0 Å². The summed E-state index contributed by atoms with van der Waals surface area (Å²) in [7, 11) is 0. The minimum atomic E-state index is 0.892. The molecule has 0 unspecified atom stereocenters. The molecule has 9 rings (SSSR count). The van der Waals surface area contributed by atoms with Gasteiger partial charge in [0, 0.05) is 33.4 Å². The third-order valence-corrected chi connectivity index (χ3v) is 10.1. The topological polar surface area (TPSA) is 46.5 Å². The molecule has 244 valence electrons. The molecule has 3 aromatic heterocycles. The maximum absolute atomic E-state index is 5.59. The zero-order valence-electron chi connectivity index (χ0n) is 28.9. The van der Waals surface area contributed by atoms with Gasteiger partial charge in [-0.25, -0.2) is 9.97 Å². The largest absolute Gasteiger partial charge is 0.355 e. The van der Waals surface area contributed by atoms with Crippen molar-refractivity contribution in [1.82, 2.24) is 19.5 Å². The minimum Gasteiger partial charge on any atom is -0.355 e. The SMILES string of the molecule is CC1=C(C)c2nc1c(C)c1ccc(cc3nc(cc4c(-c5ccccc5)c(-c5ccccc5)c(c2-c2ccccc2)n4-c2ccccc2)C=C3)[nH]1. The Morgan fingerprint density at radius 3 is 1.65 bits per heavy atom. The van der Waals surface area contributed by atoms with Gasteiger partial charge < -0.3 is 9.55 Å². The molecule has 1 N–H and O–H groups in total. The normalized spacial score (nSPS) is 12.5. The van der Waals surface area contributed by atoms with Crippen LogP contribution in [0, 0.1) is 6.92 Å². The van der Waals surface area contributed by atoms with Crippen LogP contribution in [0.3, 0.4) is 0 Å². The van der Waals surface area contributed by atoms with E-state index in [0.29, 0.717) is 0 Å². The fourth-order valence-corrected chi connectivity index (χ4v) is 7.52. The van der Waals surface area contributed by atoms with E-state index >= 15 is 0 Å². The number of aromatic amines is 1. The van der Waals surface area contributed by atoms with Crippen molar-refractivity contribution >= 4 is 45.4 Å². The Balaban J connectivity index is 1.65. The molecule has 0 fully saturated rings. The van der Waals surface area contributed by atoms with Gasteiger partial charge in [-0.15, -0.1) is 0 Å². The van der Waals surface area contributed by atoms with Gasteiger partial charge in [0.05, 0.1) is 33.8 Å². The lowest BCUT2D eigenvalue weighted by molar-refractivity contribution is 1.17. The van der Waals surface area contributed by atoms with Gasteiger partial charge in [-0.3, -0.25) is 0 Å². The van der Waals surface area contributed by atoms with Gasteiger partial charge in [-0.1, -0.05) is 109 Å². The van der Waals surface area contributed by atoms with E-state index in [1.807, 2.05) is 0 Å². The Hall–Kier alpha value is -6.52. The van der Waals surface area contributed by atoms with Crippen molar-refractivity contribution < 1.29 is 0 Å². The van der Waals surface area contributed by atoms with Crippen molar-refractivity contribution in [3.05, 3.63) is 174 Å². The van der Waals surface area contributed by atoms with Crippen molar-refractivity contribution in [3.8, 4) is 39.1 Å². The van der Waals surface area contributed by atoms with Crippen LogP contribution in [0.15, 0.2) is 146 Å². The number of H-pyrrole nitrogens is 1. The number of rotatable bonds is 4. The van der Waals surface area contributed by atoms with E-state index in [1.165, 1.54) is 11.1 Å². The Kier molecular flexibility index (Phi) is 7.44. The van der Waals surface area contributed by atoms with Gasteiger partial charge >= 0.3 is 0 Å². The molecule has 4 aromatic carbocycles. The molecule has 2 aliphatic rings. The molecule has 0 atom stereocenters. The van der Waals surface area contributed by atoms with E-state index in [2.05, 4.69) is 188 Å². The fourth-order valence-electron chi connectivity index (χ4n) is 7.52. The summed E-state index contributed by atoms with van der Waals surface area (Å²) in [5.74, 6) is 0. The second-order valence-corrected chi connectivity index (χ2v) is 13.2. The first kappa shape index (κ1) is 30.5. The molecule has 5 heterocycles. The number of hydrogen-bond acceptors (Lipinski definition) is 2. The molecule has 2 aliphatic heterocycles. The lowest BCUT2D eigenvalue weighted by atomic mass is 9.92. The van der Waals surface area contributed by atoms with E-state index in [9.17, 15) is 0 Å². The molecule has 51 heavy (non-hydrogen) atoms. The van der Waals surface area contributed by atoms with E-state index in [4.69, 9.17) is 9.97 Å². The monoisotopic (exact) mass is 656 g/mol. The second-order valence-electron chi connectivity index (χ2n) is 13.2. The summed E-state index contributed by atoms with van der Waals surface area (Å²) in [4.78, 5) is 14.4. The van der Waals surface area contributed by atoms with Gasteiger partial charge in [0.25, 0.3) is 0 Å². The van der Waals surface area contributed by atoms with Gasteiger partial charge in [-0.2, -0.15) is 0 Å². The highest BCUT2D eigenvalue weighted by atomic mass is 15.0. The lowest BCUT2D eigenvalue weighted by Gasteiger charge is -2.14.